The molecule has 2 heterocycles. The molecule has 0 amide bonds. The van der Waals surface area contributed by atoms with Crippen molar-refractivity contribution >= 4 is 5.97 Å². The molecule has 1 aliphatic rings. The van der Waals surface area contributed by atoms with E-state index in [-0.39, 0.29) is 23.5 Å². The van der Waals surface area contributed by atoms with Crippen LogP contribution in [0.4, 0.5) is 13.2 Å². The Labute approximate surface area is 169 Å². The molecule has 0 fully saturated rings. The number of ether oxygens (including phenoxy) is 3. The van der Waals surface area contributed by atoms with Crippen molar-refractivity contribution in [3.05, 3.63) is 57.6 Å². The maximum absolute atomic E-state index is 14.0. The molecule has 0 saturated carbocycles. The van der Waals surface area contributed by atoms with E-state index in [9.17, 15) is 27.9 Å². The van der Waals surface area contributed by atoms with Gasteiger partial charge in [-0.25, -0.2) is 4.79 Å². The van der Waals surface area contributed by atoms with Crippen molar-refractivity contribution in [2.45, 2.75) is 31.7 Å². The zero-order chi connectivity index (χ0) is 22.3. The minimum Gasteiger partial charge on any atom is -0.497 e. The van der Waals surface area contributed by atoms with E-state index in [2.05, 4.69) is 0 Å². The van der Waals surface area contributed by atoms with Crippen molar-refractivity contribution in [3.63, 3.8) is 0 Å². The first-order chi connectivity index (χ1) is 14.0. The van der Waals surface area contributed by atoms with Gasteiger partial charge in [0.25, 0.3) is 0 Å². The lowest BCUT2D eigenvalue weighted by Gasteiger charge is -2.43. The Bertz CT molecular complexity index is 997. The van der Waals surface area contributed by atoms with E-state index >= 15 is 0 Å². The molecule has 7 nitrogen and oxygen atoms in total. The molecule has 3 rings (SSSR count). The van der Waals surface area contributed by atoms with Gasteiger partial charge in [-0.2, -0.15) is 13.2 Å². The molecule has 30 heavy (non-hydrogen) atoms. The van der Waals surface area contributed by atoms with Crippen LogP contribution in [-0.2, 0) is 9.53 Å². The normalized spacial score (nSPS) is 23.3. The summed E-state index contributed by atoms with van der Waals surface area (Å²) >= 11 is 0. The number of carbonyl (C=O) groups is 1. The molecule has 0 radical (unpaired) electrons. The maximum atomic E-state index is 14.0. The number of carbonyl (C=O) groups excluding carboxylic acids is 1. The predicted octanol–water partition coefficient (Wildman–Crippen LogP) is 2.91. The predicted molar refractivity (Wildman–Crippen MR) is 96.3 cm³/mol. The Morgan fingerprint density at radius 3 is 2.43 bits per heavy atom. The zero-order valence-corrected chi connectivity index (χ0v) is 16.3. The molecule has 1 aromatic carbocycles. The van der Waals surface area contributed by atoms with Crippen LogP contribution in [0.2, 0.25) is 0 Å². The fourth-order valence-corrected chi connectivity index (χ4v) is 3.51. The highest BCUT2D eigenvalue weighted by Gasteiger charge is 2.69. The van der Waals surface area contributed by atoms with Crippen LogP contribution in [0.25, 0.3) is 0 Å². The number of fused-ring (bicyclic) bond motifs is 1. The number of methoxy groups -OCH3 is 1. The number of alkyl halides is 3. The van der Waals surface area contributed by atoms with E-state index in [1.807, 2.05) is 0 Å². The van der Waals surface area contributed by atoms with Gasteiger partial charge in [-0.1, -0.05) is 12.1 Å². The van der Waals surface area contributed by atoms with Gasteiger partial charge in [-0.15, -0.1) is 0 Å². The third-order valence-corrected chi connectivity index (χ3v) is 4.83. The van der Waals surface area contributed by atoms with Crippen LogP contribution >= 0.6 is 0 Å². The Balaban J connectivity index is 2.34. The summed E-state index contributed by atoms with van der Waals surface area (Å²) in [5.74, 6) is -9.32. The second-order valence-corrected chi connectivity index (χ2v) is 6.70. The minimum absolute atomic E-state index is 0.0219. The molecule has 3 atom stereocenters. The van der Waals surface area contributed by atoms with Gasteiger partial charge in [0.1, 0.15) is 23.2 Å². The molecule has 1 aliphatic heterocycles. The number of hydrogen-bond donors (Lipinski definition) is 1. The van der Waals surface area contributed by atoms with Gasteiger partial charge in [0.2, 0.25) is 0 Å². The average molecular weight is 428 g/mol. The Kier molecular flexibility index (Phi) is 5.55. The molecule has 0 aliphatic carbocycles. The largest absolute Gasteiger partial charge is 0.497 e. The first-order valence-corrected chi connectivity index (χ1v) is 8.96. The highest BCUT2D eigenvalue weighted by atomic mass is 19.4. The SMILES string of the molecule is CCOC(=O)C1C(c2ccc(OC)cc2)c2c(cc(C)oc2=O)OC1(O)C(F)(F)F. The van der Waals surface area contributed by atoms with E-state index < -0.39 is 41.1 Å². The van der Waals surface area contributed by atoms with Crippen LogP contribution in [0, 0.1) is 12.8 Å². The molecule has 0 saturated heterocycles. The van der Waals surface area contributed by atoms with Gasteiger partial charge in [-0.05, 0) is 31.5 Å². The molecule has 3 unspecified atom stereocenters. The summed E-state index contributed by atoms with van der Waals surface area (Å²) in [4.78, 5) is 25.2. The van der Waals surface area contributed by atoms with E-state index in [0.717, 1.165) is 6.07 Å². The lowest BCUT2D eigenvalue weighted by Crippen LogP contribution is -2.62. The Morgan fingerprint density at radius 2 is 1.90 bits per heavy atom. The van der Waals surface area contributed by atoms with Gasteiger partial charge >= 0.3 is 23.6 Å². The molecular weight excluding hydrogens is 409 g/mol. The van der Waals surface area contributed by atoms with E-state index in [1.54, 1.807) is 0 Å². The standard InChI is InChI=1S/C20H19F3O7/c1-4-28-18(25)16-14(11-5-7-12(27-3)8-6-11)15-13(9-10(2)29-17(15)24)30-19(16,26)20(21,22)23/h5-9,14,16,26H,4H2,1-3H3. The number of aliphatic hydroxyl groups is 1. The number of hydrogen-bond acceptors (Lipinski definition) is 7. The molecule has 10 heteroatoms. The number of halogens is 3. The van der Waals surface area contributed by atoms with Crippen molar-refractivity contribution in [1.82, 2.24) is 0 Å². The van der Waals surface area contributed by atoms with E-state index in [1.165, 1.54) is 45.2 Å². The van der Waals surface area contributed by atoms with Gasteiger partial charge < -0.3 is 23.7 Å². The first-order valence-electron chi connectivity index (χ1n) is 8.96. The highest BCUT2D eigenvalue weighted by Crippen LogP contribution is 2.52. The monoisotopic (exact) mass is 428 g/mol. The summed E-state index contributed by atoms with van der Waals surface area (Å²) in [6, 6.07) is 6.75. The first kappa shape index (κ1) is 21.7. The van der Waals surface area contributed by atoms with Crippen molar-refractivity contribution in [2.75, 3.05) is 13.7 Å². The van der Waals surface area contributed by atoms with Gasteiger partial charge in [-0.3, -0.25) is 4.79 Å². The van der Waals surface area contributed by atoms with Crippen molar-refractivity contribution in [3.8, 4) is 11.5 Å². The molecule has 0 bridgehead atoms. The van der Waals surface area contributed by atoms with Gasteiger partial charge in [0, 0.05) is 12.0 Å². The summed E-state index contributed by atoms with van der Waals surface area (Å²) in [7, 11) is 1.40. The fourth-order valence-electron chi connectivity index (χ4n) is 3.51. The van der Waals surface area contributed by atoms with E-state index in [0.29, 0.717) is 5.75 Å². The highest BCUT2D eigenvalue weighted by molar-refractivity contribution is 5.77. The van der Waals surface area contributed by atoms with Crippen LogP contribution in [-0.4, -0.2) is 36.8 Å². The van der Waals surface area contributed by atoms with Crippen LogP contribution in [0.1, 0.15) is 29.7 Å². The maximum Gasteiger partial charge on any atom is 0.456 e. The molecule has 1 aromatic heterocycles. The minimum atomic E-state index is -5.38. The lowest BCUT2D eigenvalue weighted by molar-refractivity contribution is -0.359. The topological polar surface area (TPSA) is 95.2 Å². The van der Waals surface area contributed by atoms with Crippen molar-refractivity contribution in [2.24, 2.45) is 5.92 Å². The fraction of sp³-hybridized carbons (Fsp3) is 0.400. The van der Waals surface area contributed by atoms with E-state index in [4.69, 9.17) is 18.6 Å². The summed E-state index contributed by atoms with van der Waals surface area (Å²) in [5, 5.41) is 10.6. The second-order valence-electron chi connectivity index (χ2n) is 6.70. The van der Waals surface area contributed by atoms with Crippen LogP contribution < -0.4 is 15.1 Å². The molecular formula is C20H19F3O7. The van der Waals surface area contributed by atoms with Gasteiger partial charge in [0.05, 0.1) is 19.3 Å². The van der Waals surface area contributed by atoms with Gasteiger partial charge in [0.15, 0.2) is 0 Å². The summed E-state index contributed by atoms with van der Waals surface area (Å²) in [6.45, 7) is 2.51. The molecule has 162 valence electrons. The summed E-state index contributed by atoms with van der Waals surface area (Å²) in [6.07, 6.45) is -5.38. The Hall–Kier alpha value is -3.01. The second kappa shape index (κ2) is 7.67. The average Bonchev–Trinajstić information content (AvgIpc) is 2.66. The molecule has 0 spiro atoms. The lowest BCUT2D eigenvalue weighted by atomic mass is 9.74. The number of esters is 1. The molecule has 1 N–H and O–H groups in total. The quantitative estimate of drug-likeness (QED) is 0.749. The third kappa shape index (κ3) is 3.51. The van der Waals surface area contributed by atoms with Crippen molar-refractivity contribution in [1.29, 1.82) is 0 Å². The smallest absolute Gasteiger partial charge is 0.456 e. The van der Waals surface area contributed by atoms with Crippen LogP contribution in [0.5, 0.6) is 11.5 Å². The molecule has 2 aromatic rings. The van der Waals surface area contributed by atoms with Crippen molar-refractivity contribution < 1.29 is 41.7 Å². The number of benzene rings is 1. The number of rotatable bonds is 4. The Morgan fingerprint density at radius 1 is 1.27 bits per heavy atom. The van der Waals surface area contributed by atoms with Crippen LogP contribution in [0.3, 0.4) is 0 Å². The summed E-state index contributed by atoms with van der Waals surface area (Å²) in [5.41, 5.74) is -1.17. The summed E-state index contributed by atoms with van der Waals surface area (Å²) < 4.78 is 61.7. The number of aryl methyl sites for hydroxylation is 1. The zero-order valence-electron chi connectivity index (χ0n) is 16.3. The van der Waals surface area contributed by atoms with Crippen LogP contribution in [0.15, 0.2) is 39.5 Å². The third-order valence-electron chi connectivity index (χ3n) is 4.83.